The van der Waals surface area contributed by atoms with E-state index in [0.29, 0.717) is 19.6 Å². The van der Waals surface area contributed by atoms with E-state index in [1.54, 1.807) is 17.0 Å². The van der Waals surface area contributed by atoms with Crippen molar-refractivity contribution < 1.29 is 23.6 Å². The van der Waals surface area contributed by atoms with Crippen LogP contribution in [0.4, 0.5) is 9.18 Å². The molecular formula is C18H21FN4O4. The van der Waals surface area contributed by atoms with Crippen molar-refractivity contribution in [1.82, 2.24) is 19.6 Å². The molecule has 2 fully saturated rings. The molecule has 3 rings (SSSR count). The minimum absolute atomic E-state index is 0.0750. The largest absolute Gasteiger partial charge is 0.335 e. The summed E-state index contributed by atoms with van der Waals surface area (Å²) in [5.41, 5.74) is 0.809. The van der Waals surface area contributed by atoms with Crippen molar-refractivity contribution in [2.75, 3.05) is 33.7 Å². The standard InChI is InChI=1S/C18H21FN4O4/c1-20-14(17(26)21(2)18(20)27)9-15(24)23-8-7-22(16(25)11-23)10-12-3-5-13(19)6-4-12/h3-6,14H,7-11H2,1-2H3. The summed E-state index contributed by atoms with van der Waals surface area (Å²) in [7, 11) is 2.86. The average Bonchev–Trinajstić information content (AvgIpc) is 2.83. The van der Waals surface area contributed by atoms with Gasteiger partial charge in [-0.05, 0) is 17.7 Å². The van der Waals surface area contributed by atoms with Gasteiger partial charge in [-0.3, -0.25) is 19.3 Å². The van der Waals surface area contributed by atoms with Gasteiger partial charge in [-0.2, -0.15) is 0 Å². The highest BCUT2D eigenvalue weighted by molar-refractivity contribution is 6.05. The van der Waals surface area contributed by atoms with Crippen molar-refractivity contribution in [3.8, 4) is 0 Å². The molecule has 144 valence electrons. The molecule has 5 amide bonds. The normalized spacial score (nSPS) is 20.7. The van der Waals surface area contributed by atoms with Gasteiger partial charge in [-0.15, -0.1) is 0 Å². The lowest BCUT2D eigenvalue weighted by atomic mass is 10.1. The van der Waals surface area contributed by atoms with Crippen LogP contribution in [0.5, 0.6) is 0 Å². The van der Waals surface area contributed by atoms with Crippen LogP contribution < -0.4 is 0 Å². The Bertz CT molecular complexity index is 782. The van der Waals surface area contributed by atoms with E-state index in [0.717, 1.165) is 10.5 Å². The fourth-order valence-corrected chi connectivity index (χ4v) is 3.27. The second-order valence-electron chi connectivity index (χ2n) is 6.77. The van der Waals surface area contributed by atoms with Crippen LogP contribution >= 0.6 is 0 Å². The molecule has 8 nitrogen and oxygen atoms in total. The van der Waals surface area contributed by atoms with Crippen LogP contribution in [0.15, 0.2) is 24.3 Å². The summed E-state index contributed by atoms with van der Waals surface area (Å²) < 4.78 is 13.0. The average molecular weight is 376 g/mol. The van der Waals surface area contributed by atoms with Gasteiger partial charge < -0.3 is 14.7 Å². The molecule has 0 N–H and O–H groups in total. The summed E-state index contributed by atoms with van der Waals surface area (Å²) in [6.45, 7) is 0.980. The zero-order valence-electron chi connectivity index (χ0n) is 15.2. The molecule has 0 aliphatic carbocycles. The Kier molecular flexibility index (Phi) is 5.11. The lowest BCUT2D eigenvalue weighted by molar-refractivity contribution is -0.146. The molecule has 2 saturated heterocycles. The highest BCUT2D eigenvalue weighted by atomic mass is 19.1. The zero-order valence-corrected chi connectivity index (χ0v) is 15.2. The molecule has 2 aliphatic rings. The maximum absolute atomic E-state index is 13.0. The van der Waals surface area contributed by atoms with Gasteiger partial charge in [0.1, 0.15) is 11.9 Å². The molecular weight excluding hydrogens is 355 g/mol. The number of rotatable bonds is 4. The summed E-state index contributed by atoms with van der Waals surface area (Å²) in [6, 6.07) is 4.64. The van der Waals surface area contributed by atoms with E-state index in [1.807, 2.05) is 0 Å². The first-order chi connectivity index (χ1) is 12.8. The minimum Gasteiger partial charge on any atom is -0.335 e. The molecule has 0 bridgehead atoms. The molecule has 1 unspecified atom stereocenters. The Morgan fingerprint density at radius 1 is 1.11 bits per heavy atom. The van der Waals surface area contributed by atoms with Gasteiger partial charge in [0, 0.05) is 33.7 Å². The molecule has 0 radical (unpaired) electrons. The van der Waals surface area contributed by atoms with E-state index in [4.69, 9.17) is 0 Å². The SMILES string of the molecule is CN1C(=O)C(CC(=O)N2CCN(Cc3ccc(F)cc3)C(=O)C2)N(C)C1=O. The lowest BCUT2D eigenvalue weighted by Crippen LogP contribution is -2.52. The number of amides is 5. The monoisotopic (exact) mass is 376 g/mol. The maximum Gasteiger partial charge on any atom is 0.326 e. The summed E-state index contributed by atoms with van der Waals surface area (Å²) in [4.78, 5) is 54.0. The topological polar surface area (TPSA) is 81.2 Å². The molecule has 0 saturated carbocycles. The Balaban J connectivity index is 1.56. The van der Waals surface area contributed by atoms with Crippen LogP contribution in [-0.2, 0) is 20.9 Å². The van der Waals surface area contributed by atoms with Crippen LogP contribution in [0.2, 0.25) is 0 Å². The van der Waals surface area contributed by atoms with Gasteiger partial charge in [-0.1, -0.05) is 12.1 Å². The molecule has 1 atom stereocenters. The number of carbonyl (C=O) groups excluding carboxylic acids is 4. The van der Waals surface area contributed by atoms with E-state index in [1.165, 1.54) is 36.0 Å². The summed E-state index contributed by atoms with van der Waals surface area (Å²) in [5, 5.41) is 0. The fourth-order valence-electron chi connectivity index (χ4n) is 3.27. The number of hydrogen-bond donors (Lipinski definition) is 0. The number of hydrogen-bond acceptors (Lipinski definition) is 4. The van der Waals surface area contributed by atoms with Crippen LogP contribution in [0, 0.1) is 5.82 Å². The number of carbonyl (C=O) groups is 4. The van der Waals surface area contributed by atoms with Crippen LogP contribution in [0.25, 0.3) is 0 Å². The lowest BCUT2D eigenvalue weighted by Gasteiger charge is -2.35. The van der Waals surface area contributed by atoms with E-state index < -0.39 is 18.0 Å². The molecule has 1 aromatic carbocycles. The van der Waals surface area contributed by atoms with E-state index >= 15 is 0 Å². The van der Waals surface area contributed by atoms with Gasteiger partial charge in [0.25, 0.3) is 5.91 Å². The number of halogens is 1. The molecule has 27 heavy (non-hydrogen) atoms. The van der Waals surface area contributed by atoms with Gasteiger partial charge in [0.2, 0.25) is 11.8 Å². The van der Waals surface area contributed by atoms with Crippen molar-refractivity contribution in [3.63, 3.8) is 0 Å². The third kappa shape index (κ3) is 3.76. The van der Waals surface area contributed by atoms with Crippen LogP contribution in [0.3, 0.4) is 0 Å². The smallest absolute Gasteiger partial charge is 0.326 e. The molecule has 0 aromatic heterocycles. The number of nitrogens with zero attached hydrogens (tertiary/aromatic N) is 4. The molecule has 9 heteroatoms. The maximum atomic E-state index is 13.0. The zero-order chi connectivity index (χ0) is 19.7. The van der Waals surface area contributed by atoms with Crippen LogP contribution in [-0.4, -0.2) is 83.1 Å². The third-order valence-electron chi connectivity index (χ3n) is 5.00. The number of piperazine rings is 1. The fraction of sp³-hybridized carbons (Fsp3) is 0.444. The molecule has 0 spiro atoms. The number of benzene rings is 1. The number of imide groups is 1. The van der Waals surface area contributed by atoms with E-state index in [9.17, 15) is 23.6 Å². The quantitative estimate of drug-likeness (QED) is 0.707. The summed E-state index contributed by atoms with van der Waals surface area (Å²) in [5.74, 6) is -1.30. The second-order valence-corrected chi connectivity index (χ2v) is 6.77. The highest BCUT2D eigenvalue weighted by Gasteiger charge is 2.42. The minimum atomic E-state index is -0.831. The Labute approximate surface area is 156 Å². The van der Waals surface area contributed by atoms with Gasteiger partial charge in [0.05, 0.1) is 13.0 Å². The van der Waals surface area contributed by atoms with E-state index in [-0.39, 0.29) is 30.6 Å². The first kappa shape index (κ1) is 18.8. The van der Waals surface area contributed by atoms with Crippen molar-refractivity contribution in [1.29, 1.82) is 0 Å². The van der Waals surface area contributed by atoms with E-state index in [2.05, 4.69) is 0 Å². The number of urea groups is 1. The predicted octanol–water partition coefficient (Wildman–Crippen LogP) is 0.279. The molecule has 1 aromatic rings. The van der Waals surface area contributed by atoms with Crippen molar-refractivity contribution in [2.45, 2.75) is 19.0 Å². The highest BCUT2D eigenvalue weighted by Crippen LogP contribution is 2.19. The Hall–Kier alpha value is -2.97. The Morgan fingerprint density at radius 3 is 2.33 bits per heavy atom. The predicted molar refractivity (Wildman–Crippen MR) is 92.7 cm³/mol. The molecule has 2 aliphatic heterocycles. The first-order valence-corrected chi connectivity index (χ1v) is 8.62. The van der Waals surface area contributed by atoms with Gasteiger partial charge in [0.15, 0.2) is 0 Å². The van der Waals surface area contributed by atoms with Crippen molar-refractivity contribution in [3.05, 3.63) is 35.6 Å². The van der Waals surface area contributed by atoms with Crippen molar-refractivity contribution >= 4 is 23.8 Å². The Morgan fingerprint density at radius 2 is 1.78 bits per heavy atom. The first-order valence-electron chi connectivity index (χ1n) is 8.62. The molecule has 2 heterocycles. The summed E-state index contributed by atoms with van der Waals surface area (Å²) >= 11 is 0. The number of likely N-dealkylation sites (N-methyl/N-ethyl adjacent to an activating group) is 2. The van der Waals surface area contributed by atoms with Gasteiger partial charge >= 0.3 is 6.03 Å². The third-order valence-corrected chi connectivity index (χ3v) is 5.00. The summed E-state index contributed by atoms with van der Waals surface area (Å²) in [6.07, 6.45) is -0.142. The van der Waals surface area contributed by atoms with Crippen LogP contribution in [0.1, 0.15) is 12.0 Å². The second kappa shape index (κ2) is 7.34. The van der Waals surface area contributed by atoms with Crippen molar-refractivity contribution in [2.24, 2.45) is 0 Å². The van der Waals surface area contributed by atoms with Gasteiger partial charge in [-0.25, -0.2) is 9.18 Å².